The van der Waals surface area contributed by atoms with Crippen molar-refractivity contribution in [1.82, 2.24) is 10.3 Å². The Hall–Kier alpha value is -1.12. The monoisotopic (exact) mass is 445 g/mol. The lowest BCUT2D eigenvalue weighted by atomic mass is 9.97. The number of thiophene rings is 1. The summed E-state index contributed by atoms with van der Waals surface area (Å²) in [6.07, 6.45) is 5.46. The molecule has 27 heavy (non-hydrogen) atoms. The van der Waals surface area contributed by atoms with Gasteiger partial charge in [0.2, 0.25) is 0 Å². The first-order valence-electron chi connectivity index (χ1n) is 8.67. The number of thiocarbonyl (C=S) groups is 1. The predicted octanol–water partition coefficient (Wildman–Crippen LogP) is 4.24. The fourth-order valence-electron chi connectivity index (χ4n) is 3.05. The molecule has 0 radical (unpaired) electrons. The van der Waals surface area contributed by atoms with Crippen LogP contribution in [0.4, 0.5) is 0 Å². The zero-order valence-corrected chi connectivity index (χ0v) is 17.9. The Kier molecular flexibility index (Phi) is 6.81. The van der Waals surface area contributed by atoms with Crippen LogP contribution in [0, 0.1) is 0 Å². The first kappa shape index (κ1) is 20.6. The van der Waals surface area contributed by atoms with Crippen molar-refractivity contribution >= 4 is 57.6 Å². The second-order valence-corrected chi connectivity index (χ2v) is 8.78. The van der Waals surface area contributed by atoms with E-state index in [-0.39, 0.29) is 17.8 Å². The topological polar surface area (TPSA) is 68.1 Å². The van der Waals surface area contributed by atoms with Gasteiger partial charge >= 0.3 is 0 Å². The summed E-state index contributed by atoms with van der Waals surface area (Å²) in [5.74, 6) is 0.215. The van der Waals surface area contributed by atoms with Gasteiger partial charge in [0, 0.05) is 29.4 Å². The highest BCUT2D eigenvalue weighted by atomic mass is 35.5. The van der Waals surface area contributed by atoms with E-state index in [0.29, 0.717) is 58.8 Å². The highest BCUT2D eigenvalue weighted by Crippen LogP contribution is 2.42. The number of halogens is 2. The van der Waals surface area contributed by atoms with Gasteiger partial charge in [0.15, 0.2) is 5.11 Å². The molecule has 0 amide bonds. The van der Waals surface area contributed by atoms with Gasteiger partial charge in [-0.2, -0.15) is 5.10 Å². The lowest BCUT2D eigenvalue weighted by Gasteiger charge is -2.30. The molecule has 3 N–H and O–H groups in total. The van der Waals surface area contributed by atoms with Crippen LogP contribution >= 0.6 is 46.8 Å². The maximum absolute atomic E-state index is 10.7. The van der Waals surface area contributed by atoms with E-state index in [1.807, 2.05) is 23.3 Å². The number of hydrazone groups is 1. The SMILES string of the molecule is C/C(=N\NC(=S)N1CCC(O)CC1)c1csc(C2C=CC(Cl)=C(Cl)C2)c1O. The minimum absolute atomic E-state index is 0.000336. The molecule has 1 aromatic heterocycles. The number of aliphatic hydroxyl groups is 1. The third-order valence-electron chi connectivity index (χ3n) is 4.72. The number of likely N-dealkylation sites (tertiary alicyclic amines) is 1. The van der Waals surface area contributed by atoms with Crippen LogP contribution in [0.3, 0.4) is 0 Å². The largest absolute Gasteiger partial charge is 0.506 e. The Labute approximate surface area is 178 Å². The van der Waals surface area contributed by atoms with Crippen molar-refractivity contribution in [3.63, 3.8) is 0 Å². The molecule has 1 aliphatic carbocycles. The summed E-state index contributed by atoms with van der Waals surface area (Å²) in [4.78, 5) is 2.83. The average Bonchev–Trinajstić information content (AvgIpc) is 3.04. The molecule has 1 saturated heterocycles. The molecule has 1 fully saturated rings. The molecule has 9 heteroatoms. The number of allylic oxidation sites excluding steroid dienone is 4. The van der Waals surface area contributed by atoms with Gasteiger partial charge in [0.25, 0.3) is 0 Å². The maximum atomic E-state index is 10.7. The van der Waals surface area contributed by atoms with Crippen molar-refractivity contribution in [3.8, 4) is 5.75 Å². The van der Waals surface area contributed by atoms with Crippen molar-refractivity contribution in [1.29, 1.82) is 0 Å². The van der Waals surface area contributed by atoms with Crippen LogP contribution in [0.1, 0.15) is 42.5 Å². The molecule has 2 aliphatic rings. The maximum Gasteiger partial charge on any atom is 0.189 e. The molecule has 0 saturated carbocycles. The van der Waals surface area contributed by atoms with Gasteiger partial charge in [-0.25, -0.2) is 0 Å². The second kappa shape index (κ2) is 8.92. The lowest BCUT2D eigenvalue weighted by molar-refractivity contribution is 0.109. The van der Waals surface area contributed by atoms with Crippen LogP contribution < -0.4 is 5.43 Å². The first-order valence-corrected chi connectivity index (χ1v) is 10.7. The van der Waals surface area contributed by atoms with E-state index in [0.717, 1.165) is 4.88 Å². The molecule has 0 bridgehead atoms. The fraction of sp³-hybridized carbons (Fsp3) is 0.444. The molecule has 3 rings (SSSR count). The quantitative estimate of drug-likeness (QED) is 0.368. The molecule has 146 valence electrons. The molecular formula is C18H21Cl2N3O2S2. The van der Waals surface area contributed by atoms with Crippen molar-refractivity contribution < 1.29 is 10.2 Å². The van der Waals surface area contributed by atoms with Gasteiger partial charge in [-0.15, -0.1) is 11.3 Å². The fourth-order valence-corrected chi connectivity index (χ4v) is 4.74. The normalized spacial score (nSPS) is 21.7. The van der Waals surface area contributed by atoms with E-state index in [1.165, 1.54) is 11.3 Å². The summed E-state index contributed by atoms with van der Waals surface area (Å²) in [6, 6.07) is 0. The molecular weight excluding hydrogens is 425 g/mol. The van der Waals surface area contributed by atoms with Gasteiger partial charge in [-0.05, 0) is 44.5 Å². The molecule has 1 aromatic rings. The van der Waals surface area contributed by atoms with Gasteiger partial charge in [0.05, 0.1) is 27.3 Å². The van der Waals surface area contributed by atoms with Crippen LogP contribution in [0.25, 0.3) is 0 Å². The number of nitrogens with one attached hydrogen (secondary N) is 1. The number of hydrogen-bond donors (Lipinski definition) is 3. The predicted molar refractivity (Wildman–Crippen MR) is 116 cm³/mol. The number of aliphatic hydroxyl groups excluding tert-OH is 1. The minimum atomic E-state index is -0.248. The van der Waals surface area contributed by atoms with Gasteiger partial charge in [-0.3, -0.25) is 5.43 Å². The van der Waals surface area contributed by atoms with E-state index in [1.54, 1.807) is 6.08 Å². The number of nitrogens with zero attached hydrogens (tertiary/aromatic N) is 2. The Morgan fingerprint density at radius 1 is 1.37 bits per heavy atom. The molecule has 0 spiro atoms. The van der Waals surface area contributed by atoms with Crippen molar-refractivity contribution in [2.24, 2.45) is 5.10 Å². The standard InChI is InChI=1S/C18H21Cl2N3O2S2/c1-10(21-22-18(26)23-6-4-12(24)5-7-23)13-9-27-17(16(13)25)11-2-3-14(19)15(20)8-11/h2-3,9,11-12,24-25H,4-8H2,1H3,(H,22,26)/b21-10+. The van der Waals surface area contributed by atoms with Gasteiger partial charge < -0.3 is 15.1 Å². The van der Waals surface area contributed by atoms with Crippen molar-refractivity contribution in [2.45, 2.75) is 38.2 Å². The smallest absolute Gasteiger partial charge is 0.189 e. The number of piperidine rings is 1. The van der Waals surface area contributed by atoms with Crippen LogP contribution in [0.15, 0.2) is 32.7 Å². The molecule has 1 aliphatic heterocycles. The van der Waals surface area contributed by atoms with E-state index < -0.39 is 0 Å². The Balaban J connectivity index is 1.66. The van der Waals surface area contributed by atoms with Crippen LogP contribution in [-0.4, -0.2) is 45.1 Å². The third kappa shape index (κ3) is 4.84. The molecule has 0 aromatic carbocycles. The summed E-state index contributed by atoms with van der Waals surface area (Å²) >= 11 is 19.0. The molecule has 2 heterocycles. The molecule has 5 nitrogen and oxygen atoms in total. The van der Waals surface area contributed by atoms with Gasteiger partial charge in [0.1, 0.15) is 5.75 Å². The summed E-state index contributed by atoms with van der Waals surface area (Å²) in [5, 5.41) is 28.1. The summed E-state index contributed by atoms with van der Waals surface area (Å²) in [6.45, 7) is 3.24. The Bertz CT molecular complexity index is 812. The average molecular weight is 446 g/mol. The lowest BCUT2D eigenvalue weighted by Crippen LogP contribution is -2.44. The number of hydrogen-bond acceptors (Lipinski definition) is 5. The van der Waals surface area contributed by atoms with E-state index in [9.17, 15) is 10.2 Å². The third-order valence-corrected chi connectivity index (χ3v) is 6.98. The number of rotatable bonds is 3. The minimum Gasteiger partial charge on any atom is -0.506 e. The highest BCUT2D eigenvalue weighted by molar-refractivity contribution is 7.80. The van der Waals surface area contributed by atoms with Crippen LogP contribution in [-0.2, 0) is 0 Å². The Morgan fingerprint density at radius 2 is 2.07 bits per heavy atom. The van der Waals surface area contributed by atoms with Crippen LogP contribution in [0.5, 0.6) is 5.75 Å². The summed E-state index contributed by atoms with van der Waals surface area (Å²) in [5.41, 5.74) is 4.21. The number of aromatic hydroxyl groups is 1. The summed E-state index contributed by atoms with van der Waals surface area (Å²) in [7, 11) is 0. The Morgan fingerprint density at radius 3 is 2.74 bits per heavy atom. The highest BCUT2D eigenvalue weighted by Gasteiger charge is 2.23. The van der Waals surface area contributed by atoms with E-state index in [4.69, 9.17) is 35.4 Å². The first-order chi connectivity index (χ1) is 12.9. The van der Waals surface area contributed by atoms with Crippen molar-refractivity contribution in [3.05, 3.63) is 38.0 Å². The van der Waals surface area contributed by atoms with E-state index in [2.05, 4.69) is 10.5 Å². The summed E-state index contributed by atoms with van der Waals surface area (Å²) < 4.78 is 0. The van der Waals surface area contributed by atoms with Crippen LogP contribution in [0.2, 0.25) is 0 Å². The second-order valence-electron chi connectivity index (χ2n) is 6.62. The zero-order chi connectivity index (χ0) is 19.6. The van der Waals surface area contributed by atoms with Gasteiger partial charge in [-0.1, -0.05) is 29.3 Å². The molecule has 1 atom stereocenters. The zero-order valence-electron chi connectivity index (χ0n) is 14.8. The van der Waals surface area contributed by atoms with Crippen molar-refractivity contribution in [2.75, 3.05) is 13.1 Å². The molecule has 1 unspecified atom stereocenters. The van der Waals surface area contributed by atoms with E-state index >= 15 is 0 Å².